The molecule has 1 aromatic heterocycles. The van der Waals surface area contributed by atoms with Gasteiger partial charge in [0.1, 0.15) is 0 Å². The van der Waals surface area contributed by atoms with E-state index in [-0.39, 0.29) is 29.9 Å². The smallest absolute Gasteiger partial charge is 0.219 e. The van der Waals surface area contributed by atoms with Gasteiger partial charge in [0.15, 0.2) is 5.96 Å². The molecule has 0 aromatic carbocycles. The third-order valence-electron chi connectivity index (χ3n) is 3.45. The quantitative estimate of drug-likeness (QED) is 0.444. The zero-order valence-electron chi connectivity index (χ0n) is 12.5. The summed E-state index contributed by atoms with van der Waals surface area (Å²) in [5.41, 5.74) is 0. The minimum Gasteiger partial charge on any atom is -0.354 e. The van der Waals surface area contributed by atoms with Crippen LogP contribution in [0, 0.1) is 0 Å². The molecule has 21 heavy (non-hydrogen) atoms. The van der Waals surface area contributed by atoms with Crippen molar-refractivity contribution in [3.05, 3.63) is 18.7 Å². The van der Waals surface area contributed by atoms with Crippen molar-refractivity contribution in [3.63, 3.8) is 0 Å². The standard InChI is InChI=1S/C13H22N6O.HI/c1-12(20)18-7-9-19(10-8-18)13(14-2)16-4-6-17-5-3-15-11-17;/h3,5,11H,4,6-10H2,1-2H3,(H,14,16);1H. The number of hydrogen-bond donors (Lipinski definition) is 1. The number of hydrogen-bond acceptors (Lipinski definition) is 3. The lowest BCUT2D eigenvalue weighted by Crippen LogP contribution is -2.53. The molecule has 2 rings (SSSR count). The average molecular weight is 406 g/mol. The fraction of sp³-hybridized carbons (Fsp3) is 0.615. The maximum absolute atomic E-state index is 11.3. The molecule has 1 saturated heterocycles. The van der Waals surface area contributed by atoms with Gasteiger partial charge in [0.2, 0.25) is 5.91 Å². The summed E-state index contributed by atoms with van der Waals surface area (Å²) in [6.45, 7) is 6.44. The first-order valence-corrected chi connectivity index (χ1v) is 6.87. The van der Waals surface area contributed by atoms with Crippen LogP contribution in [0.25, 0.3) is 0 Å². The Hall–Kier alpha value is -1.32. The Kier molecular flexibility index (Phi) is 7.48. The van der Waals surface area contributed by atoms with Crippen molar-refractivity contribution in [1.82, 2.24) is 24.7 Å². The highest BCUT2D eigenvalue weighted by Crippen LogP contribution is 2.02. The first kappa shape index (κ1) is 17.7. The predicted octanol–water partition coefficient (Wildman–Crippen LogP) is 0.241. The van der Waals surface area contributed by atoms with Gasteiger partial charge in [0.05, 0.1) is 6.33 Å². The summed E-state index contributed by atoms with van der Waals surface area (Å²) in [6.07, 6.45) is 5.52. The van der Waals surface area contributed by atoms with Gasteiger partial charge in [-0.1, -0.05) is 0 Å². The topological polar surface area (TPSA) is 65.8 Å². The van der Waals surface area contributed by atoms with Crippen LogP contribution < -0.4 is 5.32 Å². The number of imidazole rings is 1. The molecule has 0 radical (unpaired) electrons. The van der Waals surface area contributed by atoms with Gasteiger partial charge in [0.25, 0.3) is 0 Å². The first-order chi connectivity index (χ1) is 9.70. The van der Waals surface area contributed by atoms with Crippen molar-refractivity contribution in [2.45, 2.75) is 13.5 Å². The number of aromatic nitrogens is 2. The summed E-state index contributed by atoms with van der Waals surface area (Å²) in [6, 6.07) is 0. The number of carbonyl (C=O) groups is 1. The van der Waals surface area contributed by atoms with Gasteiger partial charge in [-0.2, -0.15) is 0 Å². The molecule has 1 N–H and O–H groups in total. The van der Waals surface area contributed by atoms with Crippen LogP contribution in [0.3, 0.4) is 0 Å². The van der Waals surface area contributed by atoms with E-state index in [0.717, 1.165) is 45.2 Å². The van der Waals surface area contributed by atoms with Crippen molar-refractivity contribution in [2.24, 2.45) is 4.99 Å². The molecule has 0 saturated carbocycles. The maximum atomic E-state index is 11.3. The van der Waals surface area contributed by atoms with Gasteiger partial charge in [-0.25, -0.2) is 4.98 Å². The molecule has 1 aliphatic rings. The van der Waals surface area contributed by atoms with Crippen LogP contribution in [-0.4, -0.2) is 71.0 Å². The number of piperazine rings is 1. The molecule has 2 heterocycles. The van der Waals surface area contributed by atoms with Crippen molar-refractivity contribution in [1.29, 1.82) is 0 Å². The molecule has 8 heteroatoms. The van der Waals surface area contributed by atoms with E-state index in [0.29, 0.717) is 0 Å². The zero-order chi connectivity index (χ0) is 14.4. The summed E-state index contributed by atoms with van der Waals surface area (Å²) in [4.78, 5) is 23.7. The Labute approximate surface area is 142 Å². The Balaban J connectivity index is 0.00000220. The lowest BCUT2D eigenvalue weighted by molar-refractivity contribution is -0.130. The molecule has 1 fully saturated rings. The van der Waals surface area contributed by atoms with Gasteiger partial charge in [-0.15, -0.1) is 24.0 Å². The second-order valence-electron chi connectivity index (χ2n) is 4.77. The van der Waals surface area contributed by atoms with Gasteiger partial charge in [-0.05, 0) is 0 Å². The molecule has 1 aliphatic heterocycles. The molecule has 0 aliphatic carbocycles. The minimum atomic E-state index is 0. The van der Waals surface area contributed by atoms with Crippen molar-refractivity contribution < 1.29 is 4.79 Å². The normalized spacial score (nSPS) is 15.6. The van der Waals surface area contributed by atoms with E-state index in [1.54, 1.807) is 26.5 Å². The minimum absolute atomic E-state index is 0. The molecule has 1 aromatic rings. The largest absolute Gasteiger partial charge is 0.354 e. The number of carbonyl (C=O) groups excluding carboxylic acids is 1. The van der Waals surface area contributed by atoms with E-state index in [9.17, 15) is 4.79 Å². The summed E-state index contributed by atoms with van der Waals surface area (Å²) in [5.74, 6) is 1.04. The fourth-order valence-corrected chi connectivity index (χ4v) is 2.28. The van der Waals surface area contributed by atoms with E-state index in [4.69, 9.17) is 0 Å². The number of rotatable bonds is 3. The highest BCUT2D eigenvalue weighted by atomic mass is 127. The van der Waals surface area contributed by atoms with E-state index in [1.165, 1.54) is 0 Å². The van der Waals surface area contributed by atoms with Crippen LogP contribution in [0.5, 0.6) is 0 Å². The number of aliphatic imine (C=N–C) groups is 1. The number of halogens is 1. The Morgan fingerprint density at radius 1 is 1.29 bits per heavy atom. The first-order valence-electron chi connectivity index (χ1n) is 6.87. The van der Waals surface area contributed by atoms with Crippen LogP contribution in [0.2, 0.25) is 0 Å². The lowest BCUT2D eigenvalue weighted by atomic mass is 10.3. The number of guanidine groups is 1. The Morgan fingerprint density at radius 3 is 2.48 bits per heavy atom. The summed E-state index contributed by atoms with van der Waals surface area (Å²) < 4.78 is 2.02. The molecular weight excluding hydrogens is 383 g/mol. The summed E-state index contributed by atoms with van der Waals surface area (Å²) in [7, 11) is 1.79. The Bertz CT molecular complexity index is 453. The van der Waals surface area contributed by atoms with Crippen molar-refractivity contribution in [2.75, 3.05) is 39.8 Å². The van der Waals surface area contributed by atoms with Crippen molar-refractivity contribution in [3.8, 4) is 0 Å². The number of nitrogens with one attached hydrogen (secondary N) is 1. The predicted molar refractivity (Wildman–Crippen MR) is 92.8 cm³/mol. The van der Waals surface area contributed by atoms with Crippen LogP contribution in [0.4, 0.5) is 0 Å². The van der Waals surface area contributed by atoms with Gasteiger partial charge >= 0.3 is 0 Å². The van der Waals surface area contributed by atoms with Crippen LogP contribution in [0.1, 0.15) is 6.92 Å². The molecule has 0 spiro atoms. The van der Waals surface area contributed by atoms with Gasteiger partial charge in [-0.3, -0.25) is 9.79 Å². The second kappa shape index (κ2) is 8.85. The third-order valence-corrected chi connectivity index (χ3v) is 3.45. The van der Waals surface area contributed by atoms with Crippen LogP contribution in [0.15, 0.2) is 23.7 Å². The molecule has 0 atom stereocenters. The van der Waals surface area contributed by atoms with E-state index in [1.807, 2.05) is 15.7 Å². The molecule has 0 bridgehead atoms. The van der Waals surface area contributed by atoms with Gasteiger partial charge in [0, 0.05) is 65.6 Å². The zero-order valence-corrected chi connectivity index (χ0v) is 14.9. The van der Waals surface area contributed by atoms with Crippen molar-refractivity contribution >= 4 is 35.8 Å². The fourth-order valence-electron chi connectivity index (χ4n) is 2.28. The Morgan fingerprint density at radius 2 is 1.95 bits per heavy atom. The molecular formula is C13H23IN6O. The highest BCUT2D eigenvalue weighted by Gasteiger charge is 2.20. The maximum Gasteiger partial charge on any atom is 0.219 e. The molecule has 7 nitrogen and oxygen atoms in total. The molecule has 1 amide bonds. The molecule has 118 valence electrons. The molecule has 0 unspecified atom stereocenters. The summed E-state index contributed by atoms with van der Waals surface area (Å²) >= 11 is 0. The summed E-state index contributed by atoms with van der Waals surface area (Å²) in [5, 5.41) is 3.35. The third kappa shape index (κ3) is 5.18. The monoisotopic (exact) mass is 406 g/mol. The lowest BCUT2D eigenvalue weighted by Gasteiger charge is -2.36. The highest BCUT2D eigenvalue weighted by molar-refractivity contribution is 14.0. The van der Waals surface area contributed by atoms with Crippen LogP contribution in [-0.2, 0) is 11.3 Å². The van der Waals surface area contributed by atoms with E-state index in [2.05, 4.69) is 20.2 Å². The van der Waals surface area contributed by atoms with E-state index >= 15 is 0 Å². The number of amides is 1. The van der Waals surface area contributed by atoms with Crippen LogP contribution >= 0.6 is 24.0 Å². The van der Waals surface area contributed by atoms with Gasteiger partial charge < -0.3 is 19.7 Å². The second-order valence-corrected chi connectivity index (χ2v) is 4.77. The average Bonchev–Trinajstić information content (AvgIpc) is 2.97. The van der Waals surface area contributed by atoms with E-state index < -0.39 is 0 Å². The number of nitrogens with zero attached hydrogens (tertiary/aromatic N) is 5. The SMILES string of the molecule is CN=C(NCCn1ccnc1)N1CCN(C(C)=O)CC1.I.